The summed E-state index contributed by atoms with van der Waals surface area (Å²) in [5, 5.41) is 9.09. The molecule has 0 bridgehead atoms. The summed E-state index contributed by atoms with van der Waals surface area (Å²) >= 11 is 6.29. The largest absolute Gasteiger partial charge is 0.490 e. The lowest BCUT2D eigenvalue weighted by atomic mass is 10.2. The molecule has 0 amide bonds. The van der Waals surface area contributed by atoms with Gasteiger partial charge in [0.25, 0.3) is 0 Å². The highest BCUT2D eigenvalue weighted by atomic mass is 35.5. The first kappa shape index (κ1) is 20.6. The van der Waals surface area contributed by atoms with Gasteiger partial charge in [0.1, 0.15) is 19.0 Å². The quantitative estimate of drug-likeness (QED) is 0.463. The van der Waals surface area contributed by atoms with E-state index in [9.17, 15) is 4.79 Å². The maximum Gasteiger partial charge on any atom is 0.328 e. The maximum absolute atomic E-state index is 10.7. The van der Waals surface area contributed by atoms with Crippen LogP contribution in [-0.4, -0.2) is 30.9 Å². The summed E-state index contributed by atoms with van der Waals surface area (Å²) in [6.45, 7) is 5.03. The molecular weight excluding hydrogens is 368 g/mol. The molecule has 0 aliphatic heterocycles. The molecule has 144 valence electrons. The van der Waals surface area contributed by atoms with Crippen LogP contribution in [0.1, 0.15) is 25.0 Å². The summed E-state index contributed by atoms with van der Waals surface area (Å²) in [6, 6.07) is 11.2. The Morgan fingerprint density at radius 3 is 2.41 bits per heavy atom. The predicted octanol–water partition coefficient (Wildman–Crippen LogP) is 4.86. The maximum atomic E-state index is 10.7. The van der Waals surface area contributed by atoms with E-state index in [4.69, 9.17) is 30.9 Å². The van der Waals surface area contributed by atoms with Gasteiger partial charge in [-0.25, -0.2) is 4.79 Å². The topological polar surface area (TPSA) is 65.0 Å². The first-order valence-electron chi connectivity index (χ1n) is 8.75. The van der Waals surface area contributed by atoms with Gasteiger partial charge in [-0.1, -0.05) is 30.7 Å². The Balaban J connectivity index is 2.00. The standard InChI is InChI=1S/C21H23ClO5/c1-3-15-5-8-17(9-6-15)26-11-12-27-21-18(22)13-16(7-10-20(23)24)14-19(21)25-4-2/h5-10,13-14H,3-4,11-12H2,1-2H3,(H,23,24). The van der Waals surface area contributed by atoms with E-state index in [1.165, 1.54) is 11.6 Å². The van der Waals surface area contributed by atoms with Gasteiger partial charge < -0.3 is 19.3 Å². The highest BCUT2D eigenvalue weighted by molar-refractivity contribution is 6.32. The van der Waals surface area contributed by atoms with E-state index in [0.29, 0.717) is 41.9 Å². The summed E-state index contributed by atoms with van der Waals surface area (Å²) in [5.41, 5.74) is 1.87. The first-order valence-corrected chi connectivity index (χ1v) is 9.13. The van der Waals surface area contributed by atoms with E-state index >= 15 is 0 Å². The van der Waals surface area contributed by atoms with Crippen LogP contribution in [0.5, 0.6) is 17.2 Å². The van der Waals surface area contributed by atoms with Crippen LogP contribution in [0.3, 0.4) is 0 Å². The molecule has 0 fully saturated rings. The molecule has 5 nitrogen and oxygen atoms in total. The van der Waals surface area contributed by atoms with Crippen LogP contribution < -0.4 is 14.2 Å². The number of halogens is 1. The van der Waals surface area contributed by atoms with Gasteiger partial charge in [0, 0.05) is 6.08 Å². The molecule has 0 heterocycles. The summed E-state index contributed by atoms with van der Waals surface area (Å²) in [7, 11) is 0. The van der Waals surface area contributed by atoms with E-state index in [1.807, 2.05) is 31.2 Å². The van der Waals surface area contributed by atoms with Gasteiger partial charge in [0.05, 0.1) is 11.6 Å². The molecule has 0 saturated heterocycles. The fraction of sp³-hybridized carbons (Fsp3) is 0.286. The molecule has 0 aromatic heterocycles. The summed E-state index contributed by atoms with van der Waals surface area (Å²) in [4.78, 5) is 10.7. The molecule has 0 aliphatic rings. The highest BCUT2D eigenvalue weighted by Crippen LogP contribution is 2.37. The molecule has 1 N–H and O–H groups in total. The minimum absolute atomic E-state index is 0.291. The Kier molecular flexibility index (Phi) is 8.01. The molecule has 0 radical (unpaired) electrons. The average molecular weight is 391 g/mol. The Morgan fingerprint density at radius 1 is 1.07 bits per heavy atom. The second-order valence-corrected chi connectivity index (χ2v) is 6.04. The molecule has 0 aliphatic carbocycles. The van der Waals surface area contributed by atoms with Crippen molar-refractivity contribution in [3.05, 3.63) is 58.6 Å². The van der Waals surface area contributed by atoms with Gasteiger partial charge in [-0.15, -0.1) is 0 Å². The molecular formula is C21H23ClO5. The second-order valence-electron chi connectivity index (χ2n) is 5.63. The van der Waals surface area contributed by atoms with Gasteiger partial charge in [-0.3, -0.25) is 0 Å². The van der Waals surface area contributed by atoms with Crippen molar-refractivity contribution in [2.45, 2.75) is 20.3 Å². The normalized spacial score (nSPS) is 10.8. The lowest BCUT2D eigenvalue weighted by molar-refractivity contribution is -0.131. The number of carbonyl (C=O) groups is 1. The average Bonchev–Trinajstić information content (AvgIpc) is 2.65. The number of ether oxygens (including phenoxy) is 3. The molecule has 2 aromatic carbocycles. The minimum atomic E-state index is -1.03. The number of rotatable bonds is 10. The first-order chi connectivity index (χ1) is 13.0. The number of carboxylic acid groups (broad SMARTS) is 1. The minimum Gasteiger partial charge on any atom is -0.490 e. The Labute approximate surface area is 164 Å². The lowest BCUT2D eigenvalue weighted by Gasteiger charge is -2.15. The van der Waals surface area contributed by atoms with Crippen molar-refractivity contribution in [3.8, 4) is 17.2 Å². The van der Waals surface area contributed by atoms with E-state index in [0.717, 1.165) is 18.2 Å². The van der Waals surface area contributed by atoms with E-state index < -0.39 is 5.97 Å². The third-order valence-corrected chi connectivity index (χ3v) is 3.96. The van der Waals surface area contributed by atoms with Crippen molar-refractivity contribution >= 4 is 23.6 Å². The van der Waals surface area contributed by atoms with E-state index in [-0.39, 0.29) is 0 Å². The number of aryl methyl sites for hydroxylation is 1. The van der Waals surface area contributed by atoms with Crippen LogP contribution in [-0.2, 0) is 11.2 Å². The van der Waals surface area contributed by atoms with Gasteiger partial charge in [-0.2, -0.15) is 0 Å². The van der Waals surface area contributed by atoms with Crippen molar-refractivity contribution in [2.24, 2.45) is 0 Å². The van der Waals surface area contributed by atoms with Crippen molar-refractivity contribution in [1.29, 1.82) is 0 Å². The summed E-state index contributed by atoms with van der Waals surface area (Å²) in [5.74, 6) is 0.618. The Bertz CT molecular complexity index is 784. The van der Waals surface area contributed by atoms with Crippen molar-refractivity contribution < 1.29 is 24.1 Å². The van der Waals surface area contributed by atoms with Crippen LogP contribution in [0.15, 0.2) is 42.5 Å². The SMILES string of the molecule is CCOc1cc(C=CC(=O)O)cc(Cl)c1OCCOc1ccc(CC)cc1. The smallest absolute Gasteiger partial charge is 0.328 e. The molecule has 0 unspecified atom stereocenters. The zero-order valence-corrected chi connectivity index (χ0v) is 16.2. The third-order valence-electron chi connectivity index (χ3n) is 3.68. The molecule has 6 heteroatoms. The highest BCUT2D eigenvalue weighted by Gasteiger charge is 2.12. The number of aliphatic carboxylic acids is 1. The van der Waals surface area contributed by atoms with E-state index in [2.05, 4.69) is 6.92 Å². The lowest BCUT2D eigenvalue weighted by Crippen LogP contribution is -2.10. The van der Waals surface area contributed by atoms with Crippen LogP contribution in [0.4, 0.5) is 0 Å². The summed E-state index contributed by atoms with van der Waals surface area (Å²) in [6.07, 6.45) is 3.48. The molecule has 2 aromatic rings. The van der Waals surface area contributed by atoms with Crippen LogP contribution >= 0.6 is 11.6 Å². The van der Waals surface area contributed by atoms with Crippen molar-refractivity contribution in [1.82, 2.24) is 0 Å². The molecule has 0 spiro atoms. The van der Waals surface area contributed by atoms with Crippen molar-refractivity contribution in [2.75, 3.05) is 19.8 Å². The van der Waals surface area contributed by atoms with Gasteiger partial charge in [0.15, 0.2) is 11.5 Å². The summed E-state index contributed by atoms with van der Waals surface area (Å²) < 4.78 is 17.0. The zero-order chi connectivity index (χ0) is 19.6. The fourth-order valence-corrected chi connectivity index (χ4v) is 2.65. The van der Waals surface area contributed by atoms with E-state index in [1.54, 1.807) is 12.1 Å². The van der Waals surface area contributed by atoms with Gasteiger partial charge in [0.2, 0.25) is 0 Å². The van der Waals surface area contributed by atoms with Crippen LogP contribution in [0.25, 0.3) is 6.08 Å². The van der Waals surface area contributed by atoms with Gasteiger partial charge >= 0.3 is 5.97 Å². The number of hydrogen-bond donors (Lipinski definition) is 1. The number of benzene rings is 2. The van der Waals surface area contributed by atoms with Crippen LogP contribution in [0, 0.1) is 0 Å². The molecule has 27 heavy (non-hydrogen) atoms. The van der Waals surface area contributed by atoms with Crippen molar-refractivity contribution in [3.63, 3.8) is 0 Å². The zero-order valence-electron chi connectivity index (χ0n) is 15.4. The molecule has 0 atom stereocenters. The Morgan fingerprint density at radius 2 is 1.78 bits per heavy atom. The Hall–Kier alpha value is -2.66. The second kappa shape index (κ2) is 10.5. The molecule has 0 saturated carbocycles. The number of carboxylic acids is 1. The van der Waals surface area contributed by atoms with Gasteiger partial charge in [-0.05, 0) is 54.8 Å². The van der Waals surface area contributed by atoms with Crippen LogP contribution in [0.2, 0.25) is 5.02 Å². The third kappa shape index (κ3) is 6.53. The monoisotopic (exact) mass is 390 g/mol. The number of hydrogen-bond acceptors (Lipinski definition) is 4. The fourth-order valence-electron chi connectivity index (χ4n) is 2.38. The molecule has 2 rings (SSSR count). The predicted molar refractivity (Wildman–Crippen MR) is 106 cm³/mol.